The molecule has 62 heavy (non-hydrogen) atoms. The molecular weight excluding hydrogens is 859 g/mol. The Morgan fingerprint density at radius 2 is 1.35 bits per heavy atom. The number of fused-ring (bicyclic) bond motifs is 1. The van der Waals surface area contributed by atoms with Crippen LogP contribution in [0.4, 0.5) is 9.93 Å². The second-order valence-corrected chi connectivity index (χ2v) is 18.2. The van der Waals surface area contributed by atoms with Crippen molar-refractivity contribution in [2.45, 2.75) is 29.4 Å². The standard InChI is InChI=1S/C41H41N9O9S3/c1-56-29-13-7-26(8-14-29)23-49(24-27-9-15-30(57-2)16-10-27)62(54,55)38-35(61(52,53)44-21-22-59-41(43)51)20-19-32(33-5-4-6-34-37(33)45-40(42)60-34)36(38)39-46-48-50(47-39)25-28-11-17-31(58-3)18-12-28/h4-20,44H,21-25H2,1-3H3,(H2,42,45)(H2,43,51). The molecule has 0 fully saturated rings. The molecule has 5 aromatic carbocycles. The van der Waals surface area contributed by atoms with Crippen LogP contribution in [0.25, 0.3) is 32.7 Å². The lowest BCUT2D eigenvalue weighted by atomic mass is 9.98. The van der Waals surface area contributed by atoms with Gasteiger partial charge in [-0.1, -0.05) is 65.9 Å². The summed E-state index contributed by atoms with van der Waals surface area (Å²) >= 11 is 1.23. The Bertz CT molecular complexity index is 2880. The van der Waals surface area contributed by atoms with Gasteiger partial charge < -0.3 is 30.4 Å². The van der Waals surface area contributed by atoms with Gasteiger partial charge in [0.2, 0.25) is 25.9 Å². The highest BCUT2D eigenvalue weighted by Gasteiger charge is 2.38. The molecule has 0 saturated carbocycles. The molecular formula is C41H41N9O9S3. The number of anilines is 1. The number of methoxy groups -OCH3 is 3. The molecule has 2 heterocycles. The van der Waals surface area contributed by atoms with E-state index in [0.717, 1.165) is 9.87 Å². The van der Waals surface area contributed by atoms with Gasteiger partial charge in [-0.15, -0.1) is 10.2 Å². The van der Waals surface area contributed by atoms with Crippen molar-refractivity contribution >= 4 is 52.8 Å². The van der Waals surface area contributed by atoms with Crippen molar-refractivity contribution in [1.29, 1.82) is 0 Å². The number of tetrazole rings is 1. The van der Waals surface area contributed by atoms with E-state index in [-0.39, 0.29) is 41.7 Å². The maximum atomic E-state index is 15.8. The Morgan fingerprint density at radius 3 is 1.92 bits per heavy atom. The van der Waals surface area contributed by atoms with Crippen LogP contribution < -0.4 is 30.4 Å². The lowest BCUT2D eigenvalue weighted by Gasteiger charge is -2.26. The van der Waals surface area contributed by atoms with Crippen LogP contribution in [0.1, 0.15) is 16.7 Å². The number of thiazole rings is 1. The first-order chi connectivity index (χ1) is 29.8. The summed E-state index contributed by atoms with van der Waals surface area (Å²) in [6.45, 7) is -1.17. The van der Waals surface area contributed by atoms with Crippen LogP contribution in [0.15, 0.2) is 113 Å². The van der Waals surface area contributed by atoms with Crippen LogP contribution in [0.5, 0.6) is 17.2 Å². The summed E-state index contributed by atoms with van der Waals surface area (Å²) in [5.74, 6) is 1.54. The minimum atomic E-state index is -4.93. The third kappa shape index (κ3) is 9.61. The Labute approximate surface area is 361 Å². The molecule has 0 atom stereocenters. The first kappa shape index (κ1) is 43.4. The van der Waals surface area contributed by atoms with E-state index in [1.807, 2.05) is 18.2 Å². The minimum Gasteiger partial charge on any atom is -0.497 e. The molecule has 0 radical (unpaired) electrons. The predicted molar refractivity (Wildman–Crippen MR) is 232 cm³/mol. The third-order valence-electron chi connectivity index (χ3n) is 9.57. The maximum Gasteiger partial charge on any atom is 0.404 e. The Balaban J connectivity index is 1.49. The topological polar surface area (TPSA) is 246 Å². The average Bonchev–Trinajstić information content (AvgIpc) is 3.90. The number of carbonyl (C=O) groups excluding carboxylic acids is 1. The summed E-state index contributed by atoms with van der Waals surface area (Å²) in [6, 6.07) is 28.7. The highest BCUT2D eigenvalue weighted by Crippen LogP contribution is 2.44. The number of ether oxygens (including phenoxy) is 4. The summed E-state index contributed by atoms with van der Waals surface area (Å²) < 4.78 is 85.6. The summed E-state index contributed by atoms with van der Waals surface area (Å²) in [7, 11) is -5.08. The van der Waals surface area contributed by atoms with E-state index in [1.165, 1.54) is 42.5 Å². The molecule has 18 nitrogen and oxygen atoms in total. The fraction of sp³-hybridized carbons (Fsp3) is 0.195. The van der Waals surface area contributed by atoms with Crippen molar-refractivity contribution in [3.05, 3.63) is 120 Å². The fourth-order valence-corrected chi connectivity index (χ4v) is 10.8. The van der Waals surface area contributed by atoms with Crippen molar-refractivity contribution < 1.29 is 40.6 Å². The largest absolute Gasteiger partial charge is 0.497 e. The van der Waals surface area contributed by atoms with Crippen LogP contribution >= 0.6 is 11.3 Å². The van der Waals surface area contributed by atoms with Gasteiger partial charge in [0, 0.05) is 25.2 Å². The summed E-state index contributed by atoms with van der Waals surface area (Å²) in [6.07, 6.45) is -1.12. The van der Waals surface area contributed by atoms with Crippen LogP contribution in [0.2, 0.25) is 0 Å². The number of primary amides is 1. The number of hydrogen-bond donors (Lipinski definition) is 3. The molecule has 0 aliphatic rings. The SMILES string of the molecule is COc1ccc(CN(Cc2ccc(OC)cc2)S(=O)(=O)c2c(S(=O)(=O)NCCOC(N)=O)ccc(-c3cccc4sc(N)nc34)c2-c2nnn(Cc3ccc(OC)cc3)n2)cc1. The molecule has 1 amide bonds. The number of hydrogen-bond acceptors (Lipinski definition) is 15. The fourth-order valence-electron chi connectivity index (χ4n) is 6.59. The van der Waals surface area contributed by atoms with Gasteiger partial charge >= 0.3 is 6.09 Å². The molecule has 0 unspecified atom stereocenters. The number of nitrogens with two attached hydrogens (primary N) is 2. The van der Waals surface area contributed by atoms with Crippen molar-refractivity contribution in [2.24, 2.45) is 5.73 Å². The molecule has 2 aromatic heterocycles. The van der Waals surface area contributed by atoms with Gasteiger partial charge in [0.1, 0.15) is 33.6 Å². The maximum absolute atomic E-state index is 15.8. The summed E-state index contributed by atoms with van der Waals surface area (Å²) in [5, 5.41) is 13.6. The third-order valence-corrected chi connectivity index (χ3v) is 13.9. The molecule has 0 spiro atoms. The zero-order chi connectivity index (χ0) is 44.0. The number of rotatable bonds is 18. The first-order valence-corrected chi connectivity index (χ1v) is 22.4. The zero-order valence-electron chi connectivity index (χ0n) is 33.6. The summed E-state index contributed by atoms with van der Waals surface area (Å²) in [5.41, 5.74) is 14.1. The number of benzene rings is 5. The van der Waals surface area contributed by atoms with E-state index in [0.29, 0.717) is 44.2 Å². The van der Waals surface area contributed by atoms with Gasteiger partial charge in [-0.05, 0) is 76.0 Å². The van der Waals surface area contributed by atoms with E-state index in [4.69, 9.17) is 30.4 Å². The minimum absolute atomic E-state index is 0.118. The lowest BCUT2D eigenvalue weighted by Crippen LogP contribution is -2.34. The Kier molecular flexibility index (Phi) is 13.0. The monoisotopic (exact) mass is 899 g/mol. The van der Waals surface area contributed by atoms with E-state index >= 15 is 8.42 Å². The second kappa shape index (κ2) is 18.5. The second-order valence-electron chi connectivity index (χ2n) is 13.5. The highest BCUT2D eigenvalue weighted by atomic mass is 32.2. The van der Waals surface area contributed by atoms with Crippen LogP contribution in [0.3, 0.4) is 0 Å². The van der Waals surface area contributed by atoms with Crippen LogP contribution in [-0.4, -0.2) is 86.9 Å². The number of nitrogens with one attached hydrogen (secondary N) is 1. The molecule has 0 bridgehead atoms. The molecule has 0 saturated heterocycles. The number of aromatic nitrogens is 5. The Hall–Kier alpha value is -6.65. The molecule has 0 aliphatic carbocycles. The van der Waals surface area contributed by atoms with Gasteiger partial charge in [0.05, 0.1) is 43.7 Å². The zero-order valence-corrected chi connectivity index (χ0v) is 36.0. The van der Waals surface area contributed by atoms with E-state index in [2.05, 4.69) is 25.1 Å². The average molecular weight is 900 g/mol. The van der Waals surface area contributed by atoms with Crippen molar-refractivity contribution in [2.75, 3.05) is 40.2 Å². The smallest absolute Gasteiger partial charge is 0.404 e. The summed E-state index contributed by atoms with van der Waals surface area (Å²) in [4.78, 5) is 15.9. The molecule has 7 aromatic rings. The van der Waals surface area contributed by atoms with Gasteiger partial charge in [-0.25, -0.2) is 31.3 Å². The number of nitrogens with zero attached hydrogens (tertiary/aromatic N) is 6. The molecule has 322 valence electrons. The van der Waals surface area contributed by atoms with Gasteiger partial charge in [-0.2, -0.15) is 9.10 Å². The van der Waals surface area contributed by atoms with Gasteiger partial charge in [0.15, 0.2) is 5.13 Å². The number of nitrogen functional groups attached to an aromatic ring is 1. The molecule has 0 aliphatic heterocycles. The lowest BCUT2D eigenvalue weighted by molar-refractivity contribution is 0.159. The predicted octanol–water partition coefficient (Wildman–Crippen LogP) is 5.04. The van der Waals surface area contributed by atoms with Gasteiger partial charge in [-0.3, -0.25) is 0 Å². The van der Waals surface area contributed by atoms with E-state index < -0.39 is 49.1 Å². The van der Waals surface area contributed by atoms with Crippen LogP contribution in [-0.2, 0) is 44.4 Å². The number of sulfonamides is 2. The molecule has 7 rings (SSSR count). The number of para-hydroxylation sites is 1. The van der Waals surface area contributed by atoms with Crippen molar-refractivity contribution in [1.82, 2.24) is 34.2 Å². The number of amides is 1. The quantitative estimate of drug-likeness (QED) is 0.0956. The molecule has 5 N–H and O–H groups in total. The highest BCUT2D eigenvalue weighted by molar-refractivity contribution is 7.92. The molecule has 21 heteroatoms. The first-order valence-electron chi connectivity index (χ1n) is 18.7. The van der Waals surface area contributed by atoms with Crippen LogP contribution in [0, 0.1) is 0 Å². The number of carbonyl (C=O) groups is 1. The van der Waals surface area contributed by atoms with Crippen molar-refractivity contribution in [3.8, 4) is 39.8 Å². The Morgan fingerprint density at radius 1 is 0.774 bits per heavy atom. The normalized spacial score (nSPS) is 11.8. The van der Waals surface area contributed by atoms with E-state index in [1.54, 1.807) is 79.9 Å². The van der Waals surface area contributed by atoms with Crippen molar-refractivity contribution in [3.63, 3.8) is 0 Å². The van der Waals surface area contributed by atoms with E-state index in [9.17, 15) is 13.2 Å². The van der Waals surface area contributed by atoms with Gasteiger partial charge in [0.25, 0.3) is 0 Å².